The molecule has 0 radical (unpaired) electrons. The van der Waals surface area contributed by atoms with E-state index in [1.165, 1.54) is 0 Å². The summed E-state index contributed by atoms with van der Waals surface area (Å²) in [4.78, 5) is 19.0. The Bertz CT molecular complexity index is 351. The van der Waals surface area contributed by atoms with Crippen molar-refractivity contribution < 1.29 is 14.4 Å². The second-order valence-corrected chi connectivity index (χ2v) is 8.09. The Morgan fingerprint density at radius 3 is 2.60 bits per heavy atom. The number of likely N-dealkylation sites (tertiary alicyclic amines) is 1. The lowest BCUT2D eigenvalue weighted by Gasteiger charge is -2.37. The lowest BCUT2D eigenvalue weighted by molar-refractivity contribution is 0.0269. The first-order valence-corrected chi connectivity index (χ1v) is 8.39. The van der Waals surface area contributed by atoms with E-state index in [1.807, 2.05) is 37.4 Å². The van der Waals surface area contributed by atoms with E-state index in [4.69, 9.17) is 15.5 Å². The molecule has 6 heteroatoms. The summed E-state index contributed by atoms with van der Waals surface area (Å²) in [5.41, 5.74) is -0.281. The fourth-order valence-electron chi connectivity index (χ4n) is 3.19. The van der Waals surface area contributed by atoms with Gasteiger partial charge in [0.1, 0.15) is 5.60 Å². The van der Waals surface area contributed by atoms with Gasteiger partial charge in [-0.2, -0.15) is 11.8 Å². The maximum Gasteiger partial charge on any atom is 0.410 e. The van der Waals surface area contributed by atoms with E-state index in [0.29, 0.717) is 19.1 Å². The van der Waals surface area contributed by atoms with E-state index in [2.05, 4.69) is 0 Å². The highest BCUT2D eigenvalue weighted by atomic mass is 32.2. The molecular formula is C14H26N2O3S. The Morgan fingerprint density at radius 1 is 1.40 bits per heavy atom. The van der Waals surface area contributed by atoms with Crippen molar-refractivity contribution >= 4 is 17.9 Å². The molecule has 2 heterocycles. The highest BCUT2D eigenvalue weighted by Gasteiger charge is 2.49. The van der Waals surface area contributed by atoms with Crippen molar-refractivity contribution in [1.29, 1.82) is 0 Å². The zero-order chi connectivity index (χ0) is 14.8. The average molecular weight is 302 g/mol. The van der Waals surface area contributed by atoms with Crippen LogP contribution < -0.4 is 5.90 Å². The fraction of sp³-hybridized carbons (Fsp3) is 0.929. The predicted molar refractivity (Wildman–Crippen MR) is 80.4 cm³/mol. The number of carbonyl (C=O) groups excluding carboxylic acids is 1. The minimum absolute atomic E-state index is 0.168. The Hall–Kier alpha value is -0.460. The summed E-state index contributed by atoms with van der Waals surface area (Å²) in [5, 5.41) is 0. The maximum absolute atomic E-state index is 12.3. The summed E-state index contributed by atoms with van der Waals surface area (Å²) in [6.45, 7) is 7.68. The summed E-state index contributed by atoms with van der Waals surface area (Å²) in [5.74, 6) is 7.91. The Morgan fingerprint density at radius 2 is 2.05 bits per heavy atom. The third-order valence-corrected chi connectivity index (χ3v) is 5.24. The smallest absolute Gasteiger partial charge is 0.410 e. The molecule has 0 aromatic carbocycles. The van der Waals surface area contributed by atoms with Gasteiger partial charge in [-0.05, 0) is 50.5 Å². The fourth-order valence-corrected chi connectivity index (χ4v) is 4.49. The molecule has 5 nitrogen and oxygen atoms in total. The number of carbonyl (C=O) groups is 1. The molecule has 2 aliphatic heterocycles. The van der Waals surface area contributed by atoms with Crippen molar-refractivity contribution in [2.24, 2.45) is 17.2 Å². The van der Waals surface area contributed by atoms with E-state index in [1.54, 1.807) is 0 Å². The van der Waals surface area contributed by atoms with E-state index < -0.39 is 5.60 Å². The second-order valence-electron chi connectivity index (χ2n) is 6.87. The van der Waals surface area contributed by atoms with Gasteiger partial charge in [-0.25, -0.2) is 10.7 Å². The van der Waals surface area contributed by atoms with Gasteiger partial charge in [0.2, 0.25) is 0 Å². The van der Waals surface area contributed by atoms with Gasteiger partial charge in [0, 0.05) is 19.0 Å². The normalized spacial score (nSPS) is 26.0. The van der Waals surface area contributed by atoms with Crippen molar-refractivity contribution in [3.63, 3.8) is 0 Å². The van der Waals surface area contributed by atoms with Crippen LogP contribution >= 0.6 is 11.8 Å². The van der Waals surface area contributed by atoms with Gasteiger partial charge >= 0.3 is 6.09 Å². The molecule has 0 aliphatic carbocycles. The van der Waals surface area contributed by atoms with Crippen LogP contribution in [0.4, 0.5) is 4.79 Å². The minimum Gasteiger partial charge on any atom is -0.444 e. The van der Waals surface area contributed by atoms with Crippen molar-refractivity contribution in [2.45, 2.75) is 39.2 Å². The topological polar surface area (TPSA) is 64.8 Å². The molecule has 116 valence electrons. The van der Waals surface area contributed by atoms with Gasteiger partial charge in [0.15, 0.2) is 0 Å². The first kappa shape index (κ1) is 15.9. The molecule has 2 saturated heterocycles. The van der Waals surface area contributed by atoms with Crippen molar-refractivity contribution in [1.82, 2.24) is 4.90 Å². The molecule has 0 aromatic rings. The predicted octanol–water partition coefficient (Wildman–Crippen LogP) is 2.26. The van der Waals surface area contributed by atoms with Crippen molar-refractivity contribution in [3.8, 4) is 0 Å². The van der Waals surface area contributed by atoms with Gasteiger partial charge in [0.05, 0.1) is 6.61 Å². The molecule has 1 amide bonds. The zero-order valence-corrected chi connectivity index (χ0v) is 13.5. The monoisotopic (exact) mass is 302 g/mol. The number of ether oxygens (including phenoxy) is 1. The molecule has 1 atom stereocenters. The quantitative estimate of drug-likeness (QED) is 0.793. The summed E-state index contributed by atoms with van der Waals surface area (Å²) < 4.78 is 5.49. The third-order valence-electron chi connectivity index (χ3n) is 4.25. The zero-order valence-electron chi connectivity index (χ0n) is 12.7. The first-order chi connectivity index (χ1) is 9.36. The maximum atomic E-state index is 12.3. The second kappa shape index (κ2) is 6.12. The number of amides is 1. The molecule has 1 spiro atoms. The number of rotatable bonds is 2. The van der Waals surface area contributed by atoms with Crippen molar-refractivity contribution in [2.75, 3.05) is 31.2 Å². The number of nitrogens with two attached hydrogens (primary N) is 1. The lowest BCUT2D eigenvalue weighted by Crippen LogP contribution is -2.38. The molecule has 0 saturated carbocycles. The van der Waals surface area contributed by atoms with Gasteiger partial charge in [-0.15, -0.1) is 0 Å². The van der Waals surface area contributed by atoms with Gasteiger partial charge < -0.3 is 14.5 Å². The molecule has 20 heavy (non-hydrogen) atoms. The molecule has 0 aromatic heterocycles. The van der Waals surface area contributed by atoms with E-state index in [0.717, 1.165) is 30.9 Å². The third kappa shape index (κ3) is 3.59. The number of hydrogen-bond acceptors (Lipinski definition) is 5. The standard InChI is InChI=1S/C14H26N2O3S/c1-13(2,3)19-12(17)16-8-11(9-18-15)14(10-16)4-6-20-7-5-14/h11H,4-10,15H2,1-3H3. The average Bonchev–Trinajstić information content (AvgIpc) is 2.68. The Balaban J connectivity index is 2.05. The first-order valence-electron chi connectivity index (χ1n) is 7.24. The largest absolute Gasteiger partial charge is 0.444 e. The van der Waals surface area contributed by atoms with Crippen LogP contribution in [-0.2, 0) is 9.57 Å². The molecule has 2 aliphatic rings. The summed E-state index contributed by atoms with van der Waals surface area (Å²) >= 11 is 1.99. The van der Waals surface area contributed by atoms with Gasteiger partial charge in [0.25, 0.3) is 0 Å². The van der Waals surface area contributed by atoms with Gasteiger partial charge in [-0.1, -0.05) is 0 Å². The van der Waals surface area contributed by atoms with Crippen LogP contribution in [0.3, 0.4) is 0 Å². The number of thioether (sulfide) groups is 1. The highest BCUT2D eigenvalue weighted by Crippen LogP contribution is 2.46. The van der Waals surface area contributed by atoms with Crippen LogP contribution in [-0.4, -0.2) is 47.8 Å². The molecule has 0 bridgehead atoms. The Labute approximate surface area is 125 Å². The van der Waals surface area contributed by atoms with Crippen molar-refractivity contribution in [3.05, 3.63) is 0 Å². The van der Waals surface area contributed by atoms with Crippen LogP contribution in [0.1, 0.15) is 33.6 Å². The number of hydrogen-bond donors (Lipinski definition) is 1. The summed E-state index contributed by atoms with van der Waals surface area (Å²) in [7, 11) is 0. The van der Waals surface area contributed by atoms with Crippen LogP contribution in [0.2, 0.25) is 0 Å². The SMILES string of the molecule is CC(C)(C)OC(=O)N1CC(CON)C2(CCSCC2)C1. The van der Waals surface area contributed by atoms with E-state index in [-0.39, 0.29) is 11.5 Å². The Kier molecular flexibility index (Phi) is 4.87. The highest BCUT2D eigenvalue weighted by molar-refractivity contribution is 7.99. The number of nitrogens with zero attached hydrogens (tertiary/aromatic N) is 1. The van der Waals surface area contributed by atoms with Crippen LogP contribution in [0, 0.1) is 11.3 Å². The van der Waals surface area contributed by atoms with Crippen LogP contribution in [0.25, 0.3) is 0 Å². The molecular weight excluding hydrogens is 276 g/mol. The summed E-state index contributed by atoms with van der Waals surface area (Å²) in [6.07, 6.45) is 2.05. The van der Waals surface area contributed by atoms with Crippen LogP contribution in [0.5, 0.6) is 0 Å². The molecule has 2 rings (SSSR count). The molecule has 1 unspecified atom stereocenters. The molecule has 2 fully saturated rings. The van der Waals surface area contributed by atoms with Crippen LogP contribution in [0.15, 0.2) is 0 Å². The lowest BCUT2D eigenvalue weighted by atomic mass is 9.74. The van der Waals surface area contributed by atoms with E-state index >= 15 is 0 Å². The summed E-state index contributed by atoms with van der Waals surface area (Å²) in [6, 6.07) is 0. The van der Waals surface area contributed by atoms with E-state index in [9.17, 15) is 4.79 Å². The minimum atomic E-state index is -0.449. The van der Waals surface area contributed by atoms with Gasteiger partial charge in [-0.3, -0.25) is 0 Å². The molecule has 2 N–H and O–H groups in total.